The van der Waals surface area contributed by atoms with Crippen LogP contribution in [-0.4, -0.2) is 53.1 Å². The highest BCUT2D eigenvalue weighted by Gasteiger charge is 2.24. The Labute approximate surface area is 154 Å². The van der Waals surface area contributed by atoms with Gasteiger partial charge in [-0.25, -0.2) is 0 Å². The number of aryl methyl sites for hydroxylation is 1. The SMILES string of the molecule is CN=C(NCCc1cnn(C)c1)N1CCC(CSc2ccccc2)C1. The van der Waals surface area contributed by atoms with E-state index < -0.39 is 0 Å². The first-order valence-electron chi connectivity index (χ1n) is 8.85. The van der Waals surface area contributed by atoms with E-state index in [1.807, 2.05) is 36.7 Å². The van der Waals surface area contributed by atoms with Crippen molar-refractivity contribution in [3.8, 4) is 0 Å². The molecule has 1 N–H and O–H groups in total. The Morgan fingerprint density at radius 2 is 2.20 bits per heavy atom. The topological polar surface area (TPSA) is 45.5 Å². The molecule has 1 aliphatic heterocycles. The zero-order valence-corrected chi connectivity index (χ0v) is 15.9. The maximum absolute atomic E-state index is 4.46. The third-order valence-corrected chi connectivity index (χ3v) is 5.72. The normalized spacial score (nSPS) is 17.9. The number of aliphatic imine (C=N–C) groups is 1. The van der Waals surface area contributed by atoms with Crippen LogP contribution in [0.2, 0.25) is 0 Å². The molecule has 2 heterocycles. The summed E-state index contributed by atoms with van der Waals surface area (Å²) in [4.78, 5) is 8.21. The van der Waals surface area contributed by atoms with Gasteiger partial charge in [0.25, 0.3) is 0 Å². The lowest BCUT2D eigenvalue weighted by Gasteiger charge is -2.21. The molecule has 0 saturated carbocycles. The molecule has 1 fully saturated rings. The van der Waals surface area contributed by atoms with Crippen LogP contribution < -0.4 is 5.32 Å². The van der Waals surface area contributed by atoms with Gasteiger partial charge in [0.15, 0.2) is 5.96 Å². The number of hydrogen-bond donors (Lipinski definition) is 1. The molecule has 1 atom stereocenters. The maximum Gasteiger partial charge on any atom is 0.193 e. The summed E-state index contributed by atoms with van der Waals surface area (Å²) in [6.07, 6.45) is 6.20. The molecule has 6 heteroatoms. The number of aromatic nitrogens is 2. The minimum absolute atomic E-state index is 0.724. The Balaban J connectivity index is 1.41. The van der Waals surface area contributed by atoms with E-state index in [0.717, 1.165) is 37.9 Å². The molecule has 134 valence electrons. The number of benzene rings is 1. The predicted octanol–water partition coefficient (Wildman–Crippen LogP) is 2.65. The molecule has 25 heavy (non-hydrogen) atoms. The van der Waals surface area contributed by atoms with Gasteiger partial charge < -0.3 is 10.2 Å². The first kappa shape index (κ1) is 17.9. The van der Waals surface area contributed by atoms with E-state index in [1.54, 1.807) is 0 Å². The van der Waals surface area contributed by atoms with E-state index in [2.05, 4.69) is 56.8 Å². The highest BCUT2D eigenvalue weighted by Crippen LogP contribution is 2.25. The number of nitrogens with one attached hydrogen (secondary N) is 1. The molecule has 1 saturated heterocycles. The number of nitrogens with zero attached hydrogens (tertiary/aromatic N) is 4. The Hall–Kier alpha value is -1.95. The summed E-state index contributed by atoms with van der Waals surface area (Å²) < 4.78 is 1.85. The number of likely N-dealkylation sites (tertiary alicyclic amines) is 1. The highest BCUT2D eigenvalue weighted by molar-refractivity contribution is 7.99. The molecule has 1 aromatic heterocycles. The van der Waals surface area contributed by atoms with Crippen LogP contribution >= 0.6 is 11.8 Å². The van der Waals surface area contributed by atoms with Crippen molar-refractivity contribution in [2.24, 2.45) is 18.0 Å². The second kappa shape index (κ2) is 8.94. The molecule has 0 radical (unpaired) electrons. The summed E-state index contributed by atoms with van der Waals surface area (Å²) in [5, 5.41) is 7.71. The molecule has 0 amide bonds. The fourth-order valence-corrected chi connectivity index (χ4v) is 4.19. The van der Waals surface area contributed by atoms with E-state index in [4.69, 9.17) is 0 Å². The van der Waals surface area contributed by atoms with Crippen LogP contribution in [-0.2, 0) is 13.5 Å². The van der Waals surface area contributed by atoms with Crippen molar-refractivity contribution < 1.29 is 0 Å². The van der Waals surface area contributed by atoms with Gasteiger partial charge in [-0.05, 0) is 36.5 Å². The molecule has 1 aliphatic rings. The Morgan fingerprint density at radius 3 is 2.92 bits per heavy atom. The van der Waals surface area contributed by atoms with E-state index in [-0.39, 0.29) is 0 Å². The number of guanidine groups is 1. The van der Waals surface area contributed by atoms with E-state index >= 15 is 0 Å². The van der Waals surface area contributed by atoms with Crippen molar-refractivity contribution in [3.63, 3.8) is 0 Å². The summed E-state index contributed by atoms with van der Waals surface area (Å²) in [6, 6.07) is 10.7. The lowest BCUT2D eigenvalue weighted by atomic mass is 10.2. The molecular formula is C19H27N5S. The van der Waals surface area contributed by atoms with Crippen LogP contribution in [0.1, 0.15) is 12.0 Å². The lowest BCUT2D eigenvalue weighted by molar-refractivity contribution is 0.475. The monoisotopic (exact) mass is 357 g/mol. The van der Waals surface area contributed by atoms with Crippen molar-refractivity contribution in [1.29, 1.82) is 0 Å². The maximum atomic E-state index is 4.46. The average molecular weight is 358 g/mol. The van der Waals surface area contributed by atoms with Crippen LogP contribution in [0.25, 0.3) is 0 Å². The van der Waals surface area contributed by atoms with Crippen molar-refractivity contribution in [3.05, 3.63) is 48.3 Å². The minimum Gasteiger partial charge on any atom is -0.356 e. The van der Waals surface area contributed by atoms with Gasteiger partial charge in [-0.2, -0.15) is 5.10 Å². The van der Waals surface area contributed by atoms with E-state index in [1.165, 1.54) is 22.6 Å². The van der Waals surface area contributed by atoms with Crippen LogP contribution in [0.4, 0.5) is 0 Å². The van der Waals surface area contributed by atoms with Gasteiger partial charge >= 0.3 is 0 Å². The first-order valence-corrected chi connectivity index (χ1v) is 9.84. The lowest BCUT2D eigenvalue weighted by Crippen LogP contribution is -2.41. The molecule has 3 rings (SSSR count). The van der Waals surface area contributed by atoms with Gasteiger partial charge in [0.1, 0.15) is 0 Å². The zero-order valence-electron chi connectivity index (χ0n) is 15.1. The van der Waals surface area contributed by atoms with Gasteiger partial charge in [-0.1, -0.05) is 18.2 Å². The molecule has 5 nitrogen and oxygen atoms in total. The zero-order chi connectivity index (χ0) is 17.5. The van der Waals surface area contributed by atoms with Crippen molar-refractivity contribution in [2.75, 3.05) is 32.4 Å². The fourth-order valence-electron chi connectivity index (χ4n) is 3.14. The smallest absolute Gasteiger partial charge is 0.193 e. The number of rotatable bonds is 6. The van der Waals surface area contributed by atoms with Gasteiger partial charge in [-0.15, -0.1) is 11.8 Å². The Kier molecular flexibility index (Phi) is 6.39. The third kappa shape index (κ3) is 5.26. The quantitative estimate of drug-likeness (QED) is 0.490. The van der Waals surface area contributed by atoms with Crippen LogP contribution in [0, 0.1) is 5.92 Å². The van der Waals surface area contributed by atoms with Crippen LogP contribution in [0.15, 0.2) is 52.6 Å². The summed E-state index contributed by atoms with van der Waals surface area (Å²) in [7, 11) is 3.83. The molecule has 0 spiro atoms. The second-order valence-corrected chi connectivity index (χ2v) is 7.56. The van der Waals surface area contributed by atoms with Crippen molar-refractivity contribution in [1.82, 2.24) is 20.0 Å². The molecule has 2 aromatic rings. The summed E-state index contributed by atoms with van der Waals surface area (Å²) in [6.45, 7) is 3.07. The summed E-state index contributed by atoms with van der Waals surface area (Å²) in [5.41, 5.74) is 1.25. The van der Waals surface area contributed by atoms with Crippen molar-refractivity contribution >= 4 is 17.7 Å². The average Bonchev–Trinajstić information content (AvgIpc) is 3.27. The van der Waals surface area contributed by atoms with Gasteiger partial charge in [0.05, 0.1) is 6.20 Å². The van der Waals surface area contributed by atoms with Gasteiger partial charge in [0.2, 0.25) is 0 Å². The molecule has 1 unspecified atom stereocenters. The Morgan fingerprint density at radius 1 is 1.36 bits per heavy atom. The summed E-state index contributed by atoms with van der Waals surface area (Å²) >= 11 is 1.96. The molecule has 0 bridgehead atoms. The minimum atomic E-state index is 0.724. The van der Waals surface area contributed by atoms with E-state index in [9.17, 15) is 0 Å². The largest absolute Gasteiger partial charge is 0.356 e. The molecule has 1 aromatic carbocycles. The fraction of sp³-hybridized carbons (Fsp3) is 0.474. The van der Waals surface area contributed by atoms with E-state index in [0.29, 0.717) is 0 Å². The first-order chi connectivity index (χ1) is 12.2. The summed E-state index contributed by atoms with van der Waals surface area (Å²) in [5.74, 6) is 2.92. The third-order valence-electron chi connectivity index (χ3n) is 4.48. The van der Waals surface area contributed by atoms with Gasteiger partial charge in [0, 0.05) is 50.6 Å². The highest BCUT2D eigenvalue weighted by atomic mass is 32.2. The molecule has 0 aliphatic carbocycles. The van der Waals surface area contributed by atoms with Crippen LogP contribution in [0.3, 0.4) is 0 Å². The molecular weight excluding hydrogens is 330 g/mol. The second-order valence-electron chi connectivity index (χ2n) is 6.47. The van der Waals surface area contributed by atoms with Crippen LogP contribution in [0.5, 0.6) is 0 Å². The Bertz CT molecular complexity index is 682. The number of thioether (sulfide) groups is 1. The predicted molar refractivity (Wildman–Crippen MR) is 105 cm³/mol. The van der Waals surface area contributed by atoms with Gasteiger partial charge in [-0.3, -0.25) is 9.67 Å². The van der Waals surface area contributed by atoms with Crippen molar-refractivity contribution in [2.45, 2.75) is 17.7 Å². The number of hydrogen-bond acceptors (Lipinski definition) is 3. The standard InChI is InChI=1S/C19H27N5S/c1-20-19(21-10-8-16-12-22-23(2)13-16)24-11-9-17(14-24)15-25-18-6-4-3-5-7-18/h3-7,12-13,17H,8-11,14-15H2,1-2H3,(H,20,21).